The van der Waals surface area contributed by atoms with E-state index in [9.17, 15) is 4.79 Å². The number of amides is 1. The van der Waals surface area contributed by atoms with E-state index in [4.69, 9.17) is 0 Å². The molecule has 2 aromatic rings. The molecule has 0 spiro atoms. The van der Waals surface area contributed by atoms with Gasteiger partial charge in [0.1, 0.15) is 0 Å². The van der Waals surface area contributed by atoms with Crippen LogP contribution in [0.15, 0.2) is 42.7 Å². The van der Waals surface area contributed by atoms with Gasteiger partial charge in [-0.2, -0.15) is 5.10 Å². The second-order valence-corrected chi connectivity index (χ2v) is 5.06. The number of rotatable bonds is 7. The lowest BCUT2D eigenvalue weighted by molar-refractivity contribution is -0.120. The van der Waals surface area contributed by atoms with Gasteiger partial charge in [0.25, 0.3) is 0 Å². The number of likely N-dealkylation sites (N-methyl/N-ethyl adjacent to an activating group) is 1. The minimum Gasteiger partial charge on any atom is -0.354 e. The van der Waals surface area contributed by atoms with Crippen molar-refractivity contribution in [2.45, 2.75) is 26.3 Å². The van der Waals surface area contributed by atoms with E-state index in [-0.39, 0.29) is 5.91 Å². The minimum atomic E-state index is 0.0478. The molecule has 112 valence electrons. The molecule has 2 N–H and O–H groups in total. The van der Waals surface area contributed by atoms with E-state index in [1.165, 1.54) is 0 Å². The molecule has 21 heavy (non-hydrogen) atoms. The number of aromatic nitrogens is 2. The van der Waals surface area contributed by atoms with Gasteiger partial charge in [-0.3, -0.25) is 4.79 Å². The molecule has 0 radical (unpaired) electrons. The summed E-state index contributed by atoms with van der Waals surface area (Å²) >= 11 is 0. The van der Waals surface area contributed by atoms with Crippen molar-refractivity contribution in [3.05, 3.63) is 48.3 Å². The van der Waals surface area contributed by atoms with Gasteiger partial charge in [0, 0.05) is 25.0 Å². The second kappa shape index (κ2) is 7.59. The summed E-state index contributed by atoms with van der Waals surface area (Å²) in [6.45, 7) is 5.67. The van der Waals surface area contributed by atoms with Gasteiger partial charge in [0.2, 0.25) is 5.91 Å². The third kappa shape index (κ3) is 4.72. The van der Waals surface area contributed by atoms with Crippen LogP contribution in [-0.4, -0.2) is 34.8 Å². The van der Waals surface area contributed by atoms with Crippen LogP contribution in [0, 0.1) is 0 Å². The van der Waals surface area contributed by atoms with Crippen LogP contribution < -0.4 is 10.6 Å². The predicted molar refractivity (Wildman–Crippen MR) is 83.4 cm³/mol. The molecular formula is C16H22N4O. The van der Waals surface area contributed by atoms with Gasteiger partial charge in [0.15, 0.2) is 0 Å². The molecule has 5 heteroatoms. The zero-order valence-electron chi connectivity index (χ0n) is 12.5. The topological polar surface area (TPSA) is 58.9 Å². The maximum Gasteiger partial charge on any atom is 0.224 e. The Morgan fingerprint density at radius 2 is 2.10 bits per heavy atom. The van der Waals surface area contributed by atoms with Crippen molar-refractivity contribution in [3.63, 3.8) is 0 Å². The lowest BCUT2D eigenvalue weighted by Crippen LogP contribution is -2.39. The van der Waals surface area contributed by atoms with Crippen LogP contribution in [0.2, 0.25) is 0 Å². The fourth-order valence-corrected chi connectivity index (χ4v) is 2.12. The number of carbonyl (C=O) groups excluding carboxylic acids is 1. The predicted octanol–water partition coefficient (Wildman–Crippen LogP) is 1.53. The Morgan fingerprint density at radius 1 is 1.33 bits per heavy atom. The van der Waals surface area contributed by atoms with Crippen molar-refractivity contribution in [3.8, 4) is 5.69 Å². The van der Waals surface area contributed by atoms with Crippen LogP contribution >= 0.6 is 0 Å². The number of nitrogens with one attached hydrogen (secondary N) is 2. The molecular weight excluding hydrogens is 264 g/mol. The van der Waals surface area contributed by atoms with Crippen molar-refractivity contribution in [2.24, 2.45) is 0 Å². The Morgan fingerprint density at radius 3 is 2.71 bits per heavy atom. The fraction of sp³-hybridized carbons (Fsp3) is 0.375. The van der Waals surface area contributed by atoms with Gasteiger partial charge in [-0.25, -0.2) is 4.68 Å². The fourth-order valence-electron chi connectivity index (χ4n) is 2.12. The van der Waals surface area contributed by atoms with E-state index >= 15 is 0 Å². The number of benzene rings is 1. The van der Waals surface area contributed by atoms with E-state index < -0.39 is 0 Å². The molecule has 0 saturated carbocycles. The summed E-state index contributed by atoms with van der Waals surface area (Å²) in [6.07, 6.45) is 4.04. The van der Waals surface area contributed by atoms with Crippen LogP contribution in [-0.2, 0) is 11.2 Å². The van der Waals surface area contributed by atoms with Crippen LogP contribution in [0.25, 0.3) is 5.69 Å². The maximum absolute atomic E-state index is 11.9. The average molecular weight is 286 g/mol. The standard InChI is InChI=1S/C16H22N4O/c1-3-17-13(2)12-18-16(21)11-14-5-7-15(8-6-14)20-10-4-9-19-20/h4-10,13,17H,3,11-12H2,1-2H3,(H,18,21)/t13-/m1/s1. The minimum absolute atomic E-state index is 0.0478. The zero-order valence-corrected chi connectivity index (χ0v) is 12.5. The highest BCUT2D eigenvalue weighted by atomic mass is 16.1. The molecule has 1 heterocycles. The Labute approximate surface area is 125 Å². The lowest BCUT2D eigenvalue weighted by atomic mass is 10.1. The van der Waals surface area contributed by atoms with E-state index in [1.54, 1.807) is 10.9 Å². The summed E-state index contributed by atoms with van der Waals surface area (Å²) in [5.41, 5.74) is 1.99. The van der Waals surface area contributed by atoms with E-state index in [2.05, 4.69) is 29.6 Å². The molecule has 0 aliphatic rings. The molecule has 5 nitrogen and oxygen atoms in total. The first-order valence-electron chi connectivity index (χ1n) is 7.28. The Hall–Kier alpha value is -2.14. The molecule has 0 fully saturated rings. The van der Waals surface area contributed by atoms with E-state index in [1.807, 2.05) is 36.5 Å². The number of carbonyl (C=O) groups is 1. The Kier molecular flexibility index (Phi) is 5.51. The molecule has 0 saturated heterocycles. The molecule has 0 unspecified atom stereocenters. The van der Waals surface area contributed by atoms with Crippen molar-refractivity contribution in [2.75, 3.05) is 13.1 Å². The quantitative estimate of drug-likeness (QED) is 0.811. The lowest BCUT2D eigenvalue weighted by Gasteiger charge is -2.13. The smallest absolute Gasteiger partial charge is 0.224 e. The number of hydrogen-bond acceptors (Lipinski definition) is 3. The number of nitrogens with zero attached hydrogens (tertiary/aromatic N) is 2. The normalized spacial score (nSPS) is 12.1. The van der Waals surface area contributed by atoms with Crippen molar-refractivity contribution >= 4 is 5.91 Å². The molecule has 0 aliphatic heterocycles. The van der Waals surface area contributed by atoms with Crippen molar-refractivity contribution < 1.29 is 4.79 Å². The zero-order chi connectivity index (χ0) is 15.1. The van der Waals surface area contributed by atoms with Crippen molar-refractivity contribution in [1.29, 1.82) is 0 Å². The first-order valence-corrected chi connectivity index (χ1v) is 7.28. The Balaban J connectivity index is 1.84. The number of hydrogen-bond donors (Lipinski definition) is 2. The average Bonchev–Trinajstić information content (AvgIpc) is 3.00. The van der Waals surface area contributed by atoms with Gasteiger partial charge in [0.05, 0.1) is 12.1 Å². The summed E-state index contributed by atoms with van der Waals surface area (Å²) in [4.78, 5) is 11.9. The molecule has 1 atom stereocenters. The monoisotopic (exact) mass is 286 g/mol. The van der Waals surface area contributed by atoms with Crippen LogP contribution in [0.1, 0.15) is 19.4 Å². The SMILES string of the molecule is CCN[C@H](C)CNC(=O)Cc1ccc(-n2cccn2)cc1. The first kappa shape index (κ1) is 15.3. The molecule has 1 amide bonds. The molecule has 0 aliphatic carbocycles. The van der Waals surface area contributed by atoms with Crippen LogP contribution in [0.4, 0.5) is 0 Å². The largest absolute Gasteiger partial charge is 0.354 e. The Bertz CT molecular complexity index is 548. The van der Waals surface area contributed by atoms with Crippen molar-refractivity contribution in [1.82, 2.24) is 20.4 Å². The first-order chi connectivity index (χ1) is 10.2. The second-order valence-electron chi connectivity index (χ2n) is 5.06. The molecule has 2 rings (SSSR count). The van der Waals surface area contributed by atoms with Crippen LogP contribution in [0.3, 0.4) is 0 Å². The van der Waals surface area contributed by atoms with Gasteiger partial charge >= 0.3 is 0 Å². The highest BCUT2D eigenvalue weighted by Crippen LogP contribution is 2.09. The van der Waals surface area contributed by atoms with Crippen LogP contribution in [0.5, 0.6) is 0 Å². The molecule has 1 aromatic heterocycles. The highest BCUT2D eigenvalue weighted by Gasteiger charge is 2.06. The van der Waals surface area contributed by atoms with Gasteiger partial charge in [-0.15, -0.1) is 0 Å². The highest BCUT2D eigenvalue weighted by molar-refractivity contribution is 5.78. The third-order valence-electron chi connectivity index (χ3n) is 3.23. The third-order valence-corrected chi connectivity index (χ3v) is 3.23. The van der Waals surface area contributed by atoms with E-state index in [0.29, 0.717) is 19.0 Å². The molecule has 1 aromatic carbocycles. The van der Waals surface area contributed by atoms with E-state index in [0.717, 1.165) is 17.8 Å². The summed E-state index contributed by atoms with van der Waals surface area (Å²) in [5.74, 6) is 0.0478. The summed E-state index contributed by atoms with van der Waals surface area (Å²) in [6, 6.07) is 10.0. The molecule has 0 bridgehead atoms. The van der Waals surface area contributed by atoms with Gasteiger partial charge < -0.3 is 10.6 Å². The van der Waals surface area contributed by atoms with Gasteiger partial charge in [-0.05, 0) is 37.2 Å². The summed E-state index contributed by atoms with van der Waals surface area (Å²) < 4.78 is 1.79. The summed E-state index contributed by atoms with van der Waals surface area (Å²) in [7, 11) is 0. The summed E-state index contributed by atoms with van der Waals surface area (Å²) in [5, 5.41) is 10.4. The van der Waals surface area contributed by atoms with Gasteiger partial charge in [-0.1, -0.05) is 19.1 Å². The maximum atomic E-state index is 11.9.